The Morgan fingerprint density at radius 2 is 2.00 bits per heavy atom. The van der Waals surface area contributed by atoms with Crippen molar-refractivity contribution in [1.82, 2.24) is 4.90 Å². The van der Waals surface area contributed by atoms with Gasteiger partial charge < -0.3 is 20.5 Å². The molecule has 0 aromatic rings. The van der Waals surface area contributed by atoms with Crippen molar-refractivity contribution >= 4 is 5.91 Å². The number of aliphatic hydroxyl groups excluding tert-OH is 1. The van der Waals surface area contributed by atoms with Crippen LogP contribution in [0, 0.1) is 5.41 Å². The molecule has 1 saturated heterocycles. The molecule has 1 aliphatic heterocycles. The maximum Gasteiger partial charge on any atom is 0.240 e. The number of piperidine rings is 1. The van der Waals surface area contributed by atoms with Gasteiger partial charge in [-0.1, -0.05) is 20.8 Å². The summed E-state index contributed by atoms with van der Waals surface area (Å²) in [5.41, 5.74) is 5.78. The van der Waals surface area contributed by atoms with Crippen LogP contribution in [0.3, 0.4) is 0 Å². The summed E-state index contributed by atoms with van der Waals surface area (Å²) in [5, 5.41) is 8.69. The second-order valence-electron chi connectivity index (χ2n) is 5.96. The quantitative estimate of drug-likeness (QED) is 0.763. The lowest BCUT2D eigenvalue weighted by Crippen LogP contribution is -2.53. The van der Waals surface area contributed by atoms with E-state index in [4.69, 9.17) is 15.6 Å². The van der Waals surface area contributed by atoms with Crippen LogP contribution >= 0.6 is 0 Å². The minimum absolute atomic E-state index is 0.0307. The van der Waals surface area contributed by atoms with Gasteiger partial charge in [-0.15, -0.1) is 0 Å². The van der Waals surface area contributed by atoms with E-state index >= 15 is 0 Å². The van der Waals surface area contributed by atoms with E-state index in [2.05, 4.69) is 0 Å². The van der Waals surface area contributed by atoms with Gasteiger partial charge in [0.25, 0.3) is 0 Å². The third-order valence-electron chi connectivity index (χ3n) is 3.40. The van der Waals surface area contributed by atoms with E-state index in [-0.39, 0.29) is 24.0 Å². The number of rotatable bonds is 4. The molecule has 1 atom stereocenters. The summed E-state index contributed by atoms with van der Waals surface area (Å²) in [7, 11) is 0. The molecule has 0 aromatic carbocycles. The predicted molar refractivity (Wildman–Crippen MR) is 70.1 cm³/mol. The van der Waals surface area contributed by atoms with Crippen molar-refractivity contribution < 1.29 is 14.6 Å². The van der Waals surface area contributed by atoms with Crippen molar-refractivity contribution in [3.05, 3.63) is 0 Å². The minimum Gasteiger partial charge on any atom is -0.394 e. The minimum atomic E-state index is -0.451. The molecule has 1 heterocycles. The molecule has 0 unspecified atom stereocenters. The summed E-state index contributed by atoms with van der Waals surface area (Å²) < 4.78 is 5.47. The molecule has 1 rings (SSSR count). The Hall–Kier alpha value is -0.650. The number of likely N-dealkylation sites (tertiary alicyclic amines) is 1. The fraction of sp³-hybridized carbons (Fsp3) is 0.923. The largest absolute Gasteiger partial charge is 0.394 e. The number of carbonyl (C=O) groups excluding carboxylic acids is 1. The molecule has 0 radical (unpaired) electrons. The second-order valence-corrected chi connectivity index (χ2v) is 5.96. The van der Waals surface area contributed by atoms with Gasteiger partial charge in [0.15, 0.2) is 0 Å². The van der Waals surface area contributed by atoms with Gasteiger partial charge in [0.05, 0.1) is 25.4 Å². The number of hydrogen-bond acceptors (Lipinski definition) is 4. The standard InChI is InChI=1S/C13H26N2O3/c1-13(2,3)11(14)12(17)15-6-4-10(5-7-15)18-9-8-16/h10-11,16H,4-9,14H2,1-3H3/t11-/m1/s1. The van der Waals surface area contributed by atoms with Gasteiger partial charge in [-0.2, -0.15) is 0 Å². The van der Waals surface area contributed by atoms with Crippen LogP contribution in [0.2, 0.25) is 0 Å². The average Bonchev–Trinajstić information content (AvgIpc) is 2.34. The van der Waals surface area contributed by atoms with Gasteiger partial charge in [-0.3, -0.25) is 4.79 Å². The number of ether oxygens (including phenoxy) is 1. The Bertz CT molecular complexity index is 268. The SMILES string of the molecule is CC(C)(C)[C@H](N)C(=O)N1CCC(OCCO)CC1. The summed E-state index contributed by atoms with van der Waals surface area (Å²) in [6, 6.07) is -0.451. The Labute approximate surface area is 109 Å². The second kappa shape index (κ2) is 6.50. The zero-order chi connectivity index (χ0) is 13.8. The number of hydrogen-bond donors (Lipinski definition) is 2. The molecule has 106 valence electrons. The summed E-state index contributed by atoms with van der Waals surface area (Å²) in [6.07, 6.45) is 1.80. The number of aliphatic hydroxyl groups is 1. The number of amides is 1. The van der Waals surface area contributed by atoms with E-state index in [1.807, 2.05) is 25.7 Å². The Morgan fingerprint density at radius 1 is 1.44 bits per heavy atom. The summed E-state index contributed by atoms with van der Waals surface area (Å²) in [6.45, 7) is 7.75. The van der Waals surface area contributed by atoms with Crippen LogP contribution < -0.4 is 5.73 Å². The van der Waals surface area contributed by atoms with Crippen LogP contribution in [-0.2, 0) is 9.53 Å². The third-order valence-corrected chi connectivity index (χ3v) is 3.40. The first kappa shape index (κ1) is 15.4. The van der Waals surface area contributed by atoms with E-state index in [9.17, 15) is 4.79 Å². The maximum atomic E-state index is 12.2. The Kier molecular flexibility index (Phi) is 5.56. The van der Waals surface area contributed by atoms with Crippen LogP contribution in [-0.4, -0.2) is 54.4 Å². The highest BCUT2D eigenvalue weighted by Gasteiger charge is 2.32. The molecular weight excluding hydrogens is 232 g/mol. The zero-order valence-corrected chi connectivity index (χ0v) is 11.7. The molecule has 1 fully saturated rings. The molecule has 18 heavy (non-hydrogen) atoms. The third kappa shape index (κ3) is 4.23. The van der Waals surface area contributed by atoms with Crippen molar-refractivity contribution in [2.75, 3.05) is 26.3 Å². The lowest BCUT2D eigenvalue weighted by atomic mass is 9.86. The Morgan fingerprint density at radius 3 is 2.44 bits per heavy atom. The van der Waals surface area contributed by atoms with E-state index < -0.39 is 6.04 Å². The van der Waals surface area contributed by atoms with E-state index in [0.717, 1.165) is 12.8 Å². The maximum absolute atomic E-state index is 12.2. The normalized spacial score (nSPS) is 19.9. The molecular formula is C13H26N2O3. The first-order valence-corrected chi connectivity index (χ1v) is 6.63. The van der Waals surface area contributed by atoms with Crippen molar-refractivity contribution in [3.8, 4) is 0 Å². The number of nitrogens with two attached hydrogens (primary N) is 1. The lowest BCUT2D eigenvalue weighted by Gasteiger charge is -2.36. The molecule has 0 aliphatic carbocycles. The van der Waals surface area contributed by atoms with Gasteiger partial charge in [-0.05, 0) is 18.3 Å². The van der Waals surface area contributed by atoms with E-state index in [1.54, 1.807) is 0 Å². The smallest absolute Gasteiger partial charge is 0.240 e. The van der Waals surface area contributed by atoms with Crippen LogP contribution in [0.25, 0.3) is 0 Å². The molecule has 0 bridgehead atoms. The molecule has 3 N–H and O–H groups in total. The van der Waals surface area contributed by atoms with Crippen molar-refractivity contribution in [2.24, 2.45) is 11.1 Å². The number of carbonyl (C=O) groups is 1. The fourth-order valence-corrected chi connectivity index (χ4v) is 2.03. The van der Waals surface area contributed by atoms with Gasteiger partial charge >= 0.3 is 0 Å². The number of nitrogens with zero attached hydrogens (tertiary/aromatic N) is 1. The van der Waals surface area contributed by atoms with Crippen molar-refractivity contribution in [2.45, 2.75) is 45.8 Å². The summed E-state index contributed by atoms with van der Waals surface area (Å²) in [4.78, 5) is 14.0. The van der Waals surface area contributed by atoms with E-state index in [1.165, 1.54) is 0 Å². The summed E-state index contributed by atoms with van der Waals surface area (Å²) in [5.74, 6) is 0.0307. The molecule has 0 spiro atoms. The molecule has 1 aliphatic rings. The van der Waals surface area contributed by atoms with Gasteiger partial charge in [0.1, 0.15) is 0 Å². The van der Waals surface area contributed by atoms with Gasteiger partial charge in [0, 0.05) is 13.1 Å². The summed E-state index contributed by atoms with van der Waals surface area (Å²) >= 11 is 0. The lowest BCUT2D eigenvalue weighted by molar-refractivity contribution is -0.137. The highest BCUT2D eigenvalue weighted by molar-refractivity contribution is 5.82. The molecule has 1 amide bonds. The fourth-order valence-electron chi connectivity index (χ4n) is 2.03. The topological polar surface area (TPSA) is 75.8 Å². The molecule has 0 aromatic heterocycles. The first-order chi connectivity index (χ1) is 8.36. The first-order valence-electron chi connectivity index (χ1n) is 6.63. The van der Waals surface area contributed by atoms with Crippen LogP contribution in [0.15, 0.2) is 0 Å². The van der Waals surface area contributed by atoms with Crippen molar-refractivity contribution in [3.63, 3.8) is 0 Å². The van der Waals surface area contributed by atoms with Crippen molar-refractivity contribution in [1.29, 1.82) is 0 Å². The molecule has 0 saturated carbocycles. The van der Waals surface area contributed by atoms with Crippen LogP contribution in [0.1, 0.15) is 33.6 Å². The zero-order valence-electron chi connectivity index (χ0n) is 11.7. The average molecular weight is 258 g/mol. The predicted octanol–water partition coefficient (Wildman–Crippen LogP) is 0.360. The monoisotopic (exact) mass is 258 g/mol. The van der Waals surface area contributed by atoms with Crippen LogP contribution in [0.4, 0.5) is 0 Å². The molecule has 5 nitrogen and oxygen atoms in total. The van der Waals surface area contributed by atoms with Gasteiger partial charge in [0.2, 0.25) is 5.91 Å². The van der Waals surface area contributed by atoms with Crippen LogP contribution in [0.5, 0.6) is 0 Å². The van der Waals surface area contributed by atoms with E-state index in [0.29, 0.717) is 19.7 Å². The highest BCUT2D eigenvalue weighted by Crippen LogP contribution is 2.21. The Balaban J connectivity index is 2.41. The highest BCUT2D eigenvalue weighted by atomic mass is 16.5. The molecule has 5 heteroatoms. The van der Waals surface area contributed by atoms with Gasteiger partial charge in [-0.25, -0.2) is 0 Å².